The van der Waals surface area contributed by atoms with E-state index < -0.39 is 0 Å². The van der Waals surface area contributed by atoms with Gasteiger partial charge >= 0.3 is 0 Å². The summed E-state index contributed by atoms with van der Waals surface area (Å²) in [5.41, 5.74) is 0. The Hall–Kier alpha value is -1.22. The van der Waals surface area contributed by atoms with Crippen molar-refractivity contribution in [1.82, 2.24) is 4.90 Å². The predicted octanol–water partition coefficient (Wildman–Crippen LogP) is 2.11. The summed E-state index contributed by atoms with van der Waals surface area (Å²) in [4.78, 5) is 2.21. The van der Waals surface area contributed by atoms with Gasteiger partial charge in [0.25, 0.3) is 0 Å². The van der Waals surface area contributed by atoms with Gasteiger partial charge in [-0.15, -0.1) is 0 Å². The molecular formula is C12H19NO2. The summed E-state index contributed by atoms with van der Waals surface area (Å²) in [7, 11) is 2.07. The maximum absolute atomic E-state index is 9.22. The molecule has 15 heavy (non-hydrogen) atoms. The molecule has 3 heteroatoms. The van der Waals surface area contributed by atoms with Crippen molar-refractivity contribution in [3.8, 4) is 11.5 Å². The fraction of sp³-hybridized carbons (Fsp3) is 0.500. The lowest BCUT2D eigenvalue weighted by molar-refractivity contribution is 0.208. The first-order valence-corrected chi connectivity index (χ1v) is 5.21. The molecule has 0 bridgehead atoms. The molecule has 0 unspecified atom stereocenters. The minimum Gasteiger partial charge on any atom is -0.508 e. The highest BCUT2D eigenvalue weighted by Gasteiger charge is 2.02. The van der Waals surface area contributed by atoms with E-state index in [1.165, 1.54) is 0 Å². The Morgan fingerprint density at radius 3 is 2.73 bits per heavy atom. The summed E-state index contributed by atoms with van der Waals surface area (Å²) in [5, 5.41) is 9.22. The molecule has 0 aliphatic heterocycles. The first-order chi connectivity index (χ1) is 7.09. The number of aromatic hydroxyl groups is 1. The van der Waals surface area contributed by atoms with Crippen LogP contribution in [0.15, 0.2) is 24.3 Å². The molecule has 0 fully saturated rings. The number of phenols is 1. The molecule has 0 aliphatic rings. The van der Waals surface area contributed by atoms with E-state index in [4.69, 9.17) is 4.74 Å². The van der Waals surface area contributed by atoms with E-state index in [1.54, 1.807) is 18.2 Å². The number of hydrogen-bond acceptors (Lipinski definition) is 3. The quantitative estimate of drug-likeness (QED) is 0.806. The van der Waals surface area contributed by atoms with Crippen LogP contribution in [0.3, 0.4) is 0 Å². The van der Waals surface area contributed by atoms with Gasteiger partial charge < -0.3 is 14.7 Å². The number of phenolic OH excluding ortho intramolecular Hbond substituents is 1. The van der Waals surface area contributed by atoms with Crippen LogP contribution in [0, 0.1) is 0 Å². The average Bonchev–Trinajstić information content (AvgIpc) is 2.17. The Balaban J connectivity index is 2.32. The topological polar surface area (TPSA) is 32.7 Å². The van der Waals surface area contributed by atoms with Crippen molar-refractivity contribution in [3.63, 3.8) is 0 Å². The second-order valence-electron chi connectivity index (χ2n) is 3.92. The molecule has 1 rings (SSSR count). The Bertz CT molecular complexity index is 299. The van der Waals surface area contributed by atoms with Crippen LogP contribution >= 0.6 is 0 Å². The average molecular weight is 209 g/mol. The summed E-state index contributed by atoms with van der Waals surface area (Å²) < 4.78 is 5.51. The molecule has 1 aromatic carbocycles. The van der Waals surface area contributed by atoms with Crippen molar-refractivity contribution in [2.45, 2.75) is 19.9 Å². The fourth-order valence-electron chi connectivity index (χ4n) is 1.14. The minimum absolute atomic E-state index is 0.240. The summed E-state index contributed by atoms with van der Waals surface area (Å²) >= 11 is 0. The number of likely N-dealkylation sites (N-methyl/N-ethyl adjacent to an activating group) is 1. The monoisotopic (exact) mass is 209 g/mol. The highest BCUT2D eigenvalue weighted by molar-refractivity contribution is 5.31. The highest BCUT2D eigenvalue weighted by atomic mass is 16.5. The van der Waals surface area contributed by atoms with Crippen LogP contribution in [0.25, 0.3) is 0 Å². The maximum Gasteiger partial charge on any atom is 0.123 e. The van der Waals surface area contributed by atoms with Crippen LogP contribution < -0.4 is 4.74 Å². The standard InChI is InChI=1S/C12H19NO2/c1-10(2)13(3)7-8-15-12-6-4-5-11(14)9-12/h4-6,9-10,14H,7-8H2,1-3H3. The van der Waals surface area contributed by atoms with Gasteiger partial charge in [-0.05, 0) is 33.0 Å². The number of ether oxygens (including phenoxy) is 1. The molecule has 1 aromatic rings. The Morgan fingerprint density at radius 2 is 2.13 bits per heavy atom. The Morgan fingerprint density at radius 1 is 1.40 bits per heavy atom. The molecule has 0 aromatic heterocycles. The van der Waals surface area contributed by atoms with Gasteiger partial charge in [-0.3, -0.25) is 0 Å². The Labute approximate surface area is 91.3 Å². The molecular weight excluding hydrogens is 190 g/mol. The number of nitrogens with zero attached hydrogens (tertiary/aromatic N) is 1. The molecule has 0 amide bonds. The molecule has 0 saturated carbocycles. The van der Waals surface area contributed by atoms with Crippen LogP contribution in [0.5, 0.6) is 11.5 Å². The fourth-order valence-corrected chi connectivity index (χ4v) is 1.14. The van der Waals surface area contributed by atoms with E-state index in [2.05, 4.69) is 25.8 Å². The van der Waals surface area contributed by atoms with E-state index in [-0.39, 0.29) is 5.75 Å². The van der Waals surface area contributed by atoms with Gasteiger partial charge in [0.05, 0.1) is 0 Å². The third-order valence-corrected chi connectivity index (χ3v) is 2.41. The summed E-state index contributed by atoms with van der Waals surface area (Å²) in [6.07, 6.45) is 0. The van der Waals surface area contributed by atoms with Crippen LogP contribution in [0.1, 0.15) is 13.8 Å². The minimum atomic E-state index is 0.240. The molecule has 3 nitrogen and oxygen atoms in total. The number of hydrogen-bond donors (Lipinski definition) is 1. The highest BCUT2D eigenvalue weighted by Crippen LogP contribution is 2.17. The molecule has 1 N–H and O–H groups in total. The zero-order valence-corrected chi connectivity index (χ0v) is 9.60. The summed E-state index contributed by atoms with van der Waals surface area (Å²) in [5.74, 6) is 0.955. The second kappa shape index (κ2) is 5.61. The normalized spacial score (nSPS) is 11.0. The molecule has 0 aliphatic carbocycles. The van der Waals surface area contributed by atoms with Gasteiger partial charge in [-0.25, -0.2) is 0 Å². The van der Waals surface area contributed by atoms with Gasteiger partial charge in [0, 0.05) is 18.7 Å². The van der Waals surface area contributed by atoms with Gasteiger partial charge in [-0.2, -0.15) is 0 Å². The first kappa shape index (κ1) is 11.9. The largest absolute Gasteiger partial charge is 0.508 e. The molecule has 0 radical (unpaired) electrons. The number of benzene rings is 1. The zero-order chi connectivity index (χ0) is 11.3. The predicted molar refractivity (Wildman–Crippen MR) is 61.4 cm³/mol. The van der Waals surface area contributed by atoms with Gasteiger partial charge in [-0.1, -0.05) is 6.07 Å². The third-order valence-electron chi connectivity index (χ3n) is 2.41. The van der Waals surface area contributed by atoms with Gasteiger partial charge in [0.2, 0.25) is 0 Å². The smallest absolute Gasteiger partial charge is 0.123 e. The molecule has 0 heterocycles. The van der Waals surface area contributed by atoms with Crippen molar-refractivity contribution in [2.24, 2.45) is 0 Å². The van der Waals surface area contributed by atoms with Crippen molar-refractivity contribution in [1.29, 1.82) is 0 Å². The zero-order valence-electron chi connectivity index (χ0n) is 9.60. The van der Waals surface area contributed by atoms with Gasteiger partial charge in [0.15, 0.2) is 0 Å². The third kappa shape index (κ3) is 4.21. The molecule has 0 atom stereocenters. The van der Waals surface area contributed by atoms with Crippen molar-refractivity contribution in [3.05, 3.63) is 24.3 Å². The lowest BCUT2D eigenvalue weighted by Crippen LogP contribution is -2.30. The van der Waals surface area contributed by atoms with Crippen LogP contribution in [-0.4, -0.2) is 36.2 Å². The van der Waals surface area contributed by atoms with E-state index in [0.717, 1.165) is 6.54 Å². The second-order valence-corrected chi connectivity index (χ2v) is 3.92. The van der Waals surface area contributed by atoms with Gasteiger partial charge in [0.1, 0.15) is 18.1 Å². The number of rotatable bonds is 5. The molecule has 0 saturated heterocycles. The lowest BCUT2D eigenvalue weighted by Gasteiger charge is -2.20. The van der Waals surface area contributed by atoms with Crippen molar-refractivity contribution in [2.75, 3.05) is 20.2 Å². The van der Waals surface area contributed by atoms with E-state index in [1.807, 2.05) is 6.07 Å². The van der Waals surface area contributed by atoms with E-state index in [9.17, 15) is 5.11 Å². The van der Waals surface area contributed by atoms with Crippen LogP contribution in [-0.2, 0) is 0 Å². The Kier molecular flexibility index (Phi) is 4.43. The van der Waals surface area contributed by atoms with Crippen molar-refractivity contribution >= 4 is 0 Å². The van der Waals surface area contributed by atoms with Crippen LogP contribution in [0.2, 0.25) is 0 Å². The van der Waals surface area contributed by atoms with Crippen LogP contribution in [0.4, 0.5) is 0 Å². The molecule has 0 spiro atoms. The SMILES string of the molecule is CC(C)N(C)CCOc1cccc(O)c1. The lowest BCUT2D eigenvalue weighted by atomic mass is 10.3. The van der Waals surface area contributed by atoms with E-state index in [0.29, 0.717) is 18.4 Å². The molecule has 84 valence electrons. The maximum atomic E-state index is 9.22. The van der Waals surface area contributed by atoms with Crippen molar-refractivity contribution < 1.29 is 9.84 Å². The first-order valence-electron chi connectivity index (χ1n) is 5.21. The van der Waals surface area contributed by atoms with E-state index >= 15 is 0 Å². The summed E-state index contributed by atoms with van der Waals surface area (Å²) in [6.45, 7) is 5.81. The summed E-state index contributed by atoms with van der Waals surface area (Å²) in [6, 6.07) is 7.40.